The van der Waals surface area contributed by atoms with Crippen molar-refractivity contribution in [3.05, 3.63) is 59.4 Å². The monoisotopic (exact) mass is 237 g/mol. The smallest absolute Gasteiger partial charge is 0.126 e. The van der Waals surface area contributed by atoms with Crippen LogP contribution in [0.4, 0.5) is 0 Å². The van der Waals surface area contributed by atoms with E-state index in [-0.39, 0.29) is 0 Å². The third kappa shape index (κ3) is 1.90. The molecule has 1 aromatic carbocycles. The first-order valence-electron chi connectivity index (χ1n) is 6.15. The highest BCUT2D eigenvalue weighted by atomic mass is 16.5. The van der Waals surface area contributed by atoms with Crippen molar-refractivity contribution < 1.29 is 4.74 Å². The maximum atomic E-state index is 5.47. The average Bonchev–Trinajstić information content (AvgIpc) is 2.83. The zero-order valence-corrected chi connectivity index (χ0v) is 10.4. The molecule has 1 heterocycles. The molecule has 1 aliphatic carbocycles. The lowest BCUT2D eigenvalue weighted by Crippen LogP contribution is -1.90. The van der Waals surface area contributed by atoms with Crippen LogP contribution in [0.25, 0.3) is 11.6 Å². The molecule has 0 spiro atoms. The molecule has 0 radical (unpaired) electrons. The van der Waals surface area contributed by atoms with Gasteiger partial charge in [0.2, 0.25) is 0 Å². The molecule has 2 nitrogen and oxygen atoms in total. The lowest BCUT2D eigenvalue weighted by Gasteiger charge is -2.08. The van der Waals surface area contributed by atoms with Crippen molar-refractivity contribution in [2.24, 2.45) is 0 Å². The fraction of sp³-hybridized carbons (Fsp3) is 0.188. The molecule has 0 aliphatic heterocycles. The van der Waals surface area contributed by atoms with Crippen LogP contribution in [0.2, 0.25) is 0 Å². The van der Waals surface area contributed by atoms with Gasteiger partial charge in [0.05, 0.1) is 7.11 Å². The summed E-state index contributed by atoms with van der Waals surface area (Å²) in [7, 11) is 1.73. The van der Waals surface area contributed by atoms with E-state index in [2.05, 4.69) is 29.3 Å². The van der Waals surface area contributed by atoms with Gasteiger partial charge < -0.3 is 4.74 Å². The second kappa shape index (κ2) is 4.65. The van der Waals surface area contributed by atoms with Gasteiger partial charge in [-0.2, -0.15) is 0 Å². The fourth-order valence-corrected chi connectivity index (χ4v) is 2.52. The summed E-state index contributed by atoms with van der Waals surface area (Å²) in [6.07, 6.45) is 8.07. The van der Waals surface area contributed by atoms with Gasteiger partial charge in [-0.25, -0.2) is 0 Å². The molecule has 0 bridgehead atoms. The molecule has 1 aliphatic rings. The van der Waals surface area contributed by atoms with E-state index in [1.807, 2.05) is 18.3 Å². The second-order valence-corrected chi connectivity index (χ2v) is 4.45. The van der Waals surface area contributed by atoms with Crippen LogP contribution < -0.4 is 4.74 Å². The maximum absolute atomic E-state index is 5.47. The molecular weight excluding hydrogens is 222 g/mol. The van der Waals surface area contributed by atoms with Crippen LogP contribution in [0.15, 0.2) is 42.7 Å². The first kappa shape index (κ1) is 11.0. The highest BCUT2D eigenvalue weighted by Gasteiger charge is 2.19. The Balaban J connectivity index is 2.07. The number of fused-ring (bicyclic) bond motifs is 1. The zero-order valence-electron chi connectivity index (χ0n) is 10.4. The summed E-state index contributed by atoms with van der Waals surface area (Å²) in [5, 5.41) is 0. The van der Waals surface area contributed by atoms with Crippen LogP contribution in [0.1, 0.15) is 23.1 Å². The van der Waals surface area contributed by atoms with E-state index in [0.717, 1.165) is 24.2 Å². The van der Waals surface area contributed by atoms with Crippen LogP contribution in [0.3, 0.4) is 0 Å². The van der Waals surface area contributed by atoms with E-state index in [4.69, 9.17) is 4.74 Å². The average molecular weight is 237 g/mol. The molecule has 1 aromatic heterocycles. The van der Waals surface area contributed by atoms with Crippen molar-refractivity contribution in [2.45, 2.75) is 12.8 Å². The second-order valence-electron chi connectivity index (χ2n) is 4.45. The predicted octanol–water partition coefficient (Wildman–Crippen LogP) is 3.58. The minimum absolute atomic E-state index is 0.972. The fourth-order valence-electron chi connectivity index (χ4n) is 2.52. The Morgan fingerprint density at radius 3 is 2.89 bits per heavy atom. The number of aromatic nitrogens is 1. The predicted molar refractivity (Wildman–Crippen MR) is 73.4 cm³/mol. The van der Waals surface area contributed by atoms with E-state index in [1.54, 1.807) is 13.3 Å². The molecule has 2 heteroatoms. The SMILES string of the molecule is COc1cccc2c1C(=Cc1cccnc1)CC2. The van der Waals surface area contributed by atoms with Gasteiger partial charge in [-0.15, -0.1) is 0 Å². The summed E-state index contributed by atoms with van der Waals surface area (Å²) in [6, 6.07) is 10.3. The summed E-state index contributed by atoms with van der Waals surface area (Å²) in [6.45, 7) is 0. The Kier molecular flexibility index (Phi) is 2.85. The lowest BCUT2D eigenvalue weighted by molar-refractivity contribution is 0.413. The number of allylic oxidation sites excluding steroid dienone is 1. The number of nitrogens with zero attached hydrogens (tertiary/aromatic N) is 1. The standard InChI is InChI=1S/C16H15NO/c1-18-15-6-2-5-13-7-8-14(16(13)15)10-12-4-3-9-17-11-12/h2-6,9-11H,7-8H2,1H3. The number of pyridine rings is 1. The molecule has 3 rings (SSSR count). The summed E-state index contributed by atoms with van der Waals surface area (Å²) < 4.78 is 5.47. The van der Waals surface area contributed by atoms with E-state index < -0.39 is 0 Å². The maximum Gasteiger partial charge on any atom is 0.126 e. The molecule has 0 saturated heterocycles. The molecule has 0 unspecified atom stereocenters. The summed E-state index contributed by atoms with van der Waals surface area (Å²) in [5.74, 6) is 0.972. The third-order valence-electron chi connectivity index (χ3n) is 3.34. The highest BCUT2D eigenvalue weighted by Crippen LogP contribution is 2.39. The van der Waals surface area contributed by atoms with Gasteiger partial charge in [0, 0.05) is 18.0 Å². The Hall–Kier alpha value is -2.09. The van der Waals surface area contributed by atoms with Gasteiger partial charge >= 0.3 is 0 Å². The van der Waals surface area contributed by atoms with Gasteiger partial charge in [-0.1, -0.05) is 18.2 Å². The number of hydrogen-bond acceptors (Lipinski definition) is 2. The number of aryl methyl sites for hydroxylation is 1. The largest absolute Gasteiger partial charge is 0.496 e. The van der Waals surface area contributed by atoms with Crippen LogP contribution in [0, 0.1) is 0 Å². The zero-order chi connectivity index (χ0) is 12.4. The van der Waals surface area contributed by atoms with E-state index in [0.29, 0.717) is 0 Å². The van der Waals surface area contributed by atoms with Crippen molar-refractivity contribution in [2.75, 3.05) is 7.11 Å². The van der Waals surface area contributed by atoms with Gasteiger partial charge in [0.25, 0.3) is 0 Å². The van der Waals surface area contributed by atoms with Crippen molar-refractivity contribution in [3.8, 4) is 5.75 Å². The van der Waals surface area contributed by atoms with Crippen LogP contribution in [-0.4, -0.2) is 12.1 Å². The Labute approximate surface area is 107 Å². The van der Waals surface area contributed by atoms with E-state index in [1.165, 1.54) is 16.7 Å². The summed E-state index contributed by atoms with van der Waals surface area (Å²) in [4.78, 5) is 4.15. The molecule has 18 heavy (non-hydrogen) atoms. The third-order valence-corrected chi connectivity index (χ3v) is 3.34. The Morgan fingerprint density at radius 2 is 2.11 bits per heavy atom. The molecule has 90 valence electrons. The molecule has 0 atom stereocenters. The van der Waals surface area contributed by atoms with Crippen molar-refractivity contribution >= 4 is 11.6 Å². The van der Waals surface area contributed by atoms with E-state index >= 15 is 0 Å². The summed E-state index contributed by atoms with van der Waals surface area (Å²) >= 11 is 0. The van der Waals surface area contributed by atoms with Crippen LogP contribution >= 0.6 is 0 Å². The number of hydrogen-bond donors (Lipinski definition) is 0. The molecule has 2 aromatic rings. The number of ether oxygens (including phenoxy) is 1. The first-order chi connectivity index (χ1) is 8.88. The Morgan fingerprint density at radius 1 is 1.17 bits per heavy atom. The quantitative estimate of drug-likeness (QED) is 0.796. The minimum atomic E-state index is 0.972. The van der Waals surface area contributed by atoms with Gasteiger partial charge in [-0.3, -0.25) is 4.98 Å². The molecule has 0 N–H and O–H groups in total. The number of rotatable bonds is 2. The van der Waals surface area contributed by atoms with Crippen LogP contribution in [-0.2, 0) is 6.42 Å². The van der Waals surface area contributed by atoms with Gasteiger partial charge in [0.15, 0.2) is 0 Å². The summed E-state index contributed by atoms with van der Waals surface area (Å²) in [5.41, 5.74) is 5.13. The highest BCUT2D eigenvalue weighted by molar-refractivity contribution is 5.87. The molecular formula is C16H15NO. The van der Waals surface area contributed by atoms with Crippen molar-refractivity contribution in [1.82, 2.24) is 4.98 Å². The van der Waals surface area contributed by atoms with Crippen molar-refractivity contribution in [3.63, 3.8) is 0 Å². The topological polar surface area (TPSA) is 22.1 Å². The normalized spacial score (nSPS) is 15.7. The molecule has 0 fully saturated rings. The van der Waals surface area contributed by atoms with Crippen LogP contribution in [0.5, 0.6) is 5.75 Å². The molecule has 0 amide bonds. The number of benzene rings is 1. The first-order valence-corrected chi connectivity index (χ1v) is 6.15. The Bertz CT molecular complexity index is 587. The van der Waals surface area contributed by atoms with Gasteiger partial charge in [-0.05, 0) is 47.8 Å². The van der Waals surface area contributed by atoms with Crippen molar-refractivity contribution in [1.29, 1.82) is 0 Å². The lowest BCUT2D eigenvalue weighted by atomic mass is 10.0. The molecule has 0 saturated carbocycles. The van der Waals surface area contributed by atoms with Gasteiger partial charge in [0.1, 0.15) is 5.75 Å². The van der Waals surface area contributed by atoms with E-state index in [9.17, 15) is 0 Å². The minimum Gasteiger partial charge on any atom is -0.496 e. The number of methoxy groups -OCH3 is 1.